The number of carboxylic acids is 1. The third kappa shape index (κ3) is 2.10. The van der Waals surface area contributed by atoms with Gasteiger partial charge in [-0.1, -0.05) is 0 Å². The Morgan fingerprint density at radius 2 is 2.04 bits per heavy atom. The normalized spacial score (nSPS) is 25.3. The molecule has 4 rings (SSSR count). The molecule has 1 amide bonds. The minimum absolute atomic E-state index is 0.0224. The number of methoxy groups -OCH3 is 1. The van der Waals surface area contributed by atoms with Crippen molar-refractivity contribution in [3.8, 4) is 5.75 Å². The van der Waals surface area contributed by atoms with Crippen molar-refractivity contribution in [3.63, 3.8) is 0 Å². The number of nitrogens with zero attached hydrogens (tertiary/aromatic N) is 1. The number of carboxylic acid groups (broad SMARTS) is 1. The molecule has 0 unspecified atom stereocenters. The predicted octanol–water partition coefficient (Wildman–Crippen LogP) is 2.29. The molecule has 1 aromatic carbocycles. The van der Waals surface area contributed by atoms with Crippen LogP contribution in [0.15, 0.2) is 41.0 Å². The van der Waals surface area contributed by atoms with E-state index in [9.17, 15) is 14.7 Å². The second-order valence-electron chi connectivity index (χ2n) is 6.26. The van der Waals surface area contributed by atoms with Crippen LogP contribution in [0.25, 0.3) is 0 Å². The van der Waals surface area contributed by atoms with Gasteiger partial charge < -0.3 is 19.2 Å². The Kier molecular flexibility index (Phi) is 3.33. The fraction of sp³-hybridized carbons (Fsp3) is 0.333. The van der Waals surface area contributed by atoms with Crippen LogP contribution in [-0.4, -0.2) is 30.6 Å². The molecule has 6 nitrogen and oxygen atoms in total. The van der Waals surface area contributed by atoms with E-state index in [0.29, 0.717) is 24.5 Å². The van der Waals surface area contributed by atoms with Crippen LogP contribution < -0.4 is 9.64 Å². The van der Waals surface area contributed by atoms with Gasteiger partial charge in [0.2, 0.25) is 5.91 Å². The molecule has 3 atom stereocenters. The molecule has 0 spiro atoms. The highest BCUT2D eigenvalue weighted by atomic mass is 16.5. The first-order valence-electron chi connectivity index (χ1n) is 7.84. The Balaban J connectivity index is 1.69. The van der Waals surface area contributed by atoms with Crippen LogP contribution in [0.4, 0.5) is 5.69 Å². The highest BCUT2D eigenvalue weighted by Gasteiger charge is 2.52. The highest BCUT2D eigenvalue weighted by molar-refractivity contribution is 6.01. The number of aliphatic carboxylic acids is 1. The summed E-state index contributed by atoms with van der Waals surface area (Å²) in [4.78, 5) is 26.4. The molecule has 1 saturated heterocycles. The van der Waals surface area contributed by atoms with Gasteiger partial charge in [0.15, 0.2) is 0 Å². The Morgan fingerprint density at radius 3 is 2.71 bits per heavy atom. The molecule has 1 N–H and O–H groups in total. The summed E-state index contributed by atoms with van der Waals surface area (Å²) in [5.41, 5.74) is 1.66. The second kappa shape index (κ2) is 5.40. The monoisotopic (exact) mass is 327 g/mol. The van der Waals surface area contributed by atoms with Crippen molar-refractivity contribution in [2.24, 2.45) is 11.8 Å². The molecule has 2 heterocycles. The third-order valence-corrected chi connectivity index (χ3v) is 5.03. The van der Waals surface area contributed by atoms with E-state index in [4.69, 9.17) is 9.15 Å². The molecule has 0 bridgehead atoms. The lowest BCUT2D eigenvalue weighted by Gasteiger charge is -2.27. The Morgan fingerprint density at radius 1 is 1.29 bits per heavy atom. The van der Waals surface area contributed by atoms with E-state index in [0.717, 1.165) is 11.3 Å². The van der Waals surface area contributed by atoms with E-state index < -0.39 is 17.8 Å². The number of carbonyl (C=O) groups is 2. The Bertz CT molecular complexity index is 794. The summed E-state index contributed by atoms with van der Waals surface area (Å²) < 4.78 is 10.5. The van der Waals surface area contributed by atoms with Crippen LogP contribution in [0, 0.1) is 11.8 Å². The summed E-state index contributed by atoms with van der Waals surface area (Å²) in [6.45, 7) is 0.518. The summed E-state index contributed by atoms with van der Waals surface area (Å²) in [5.74, 6) is -1.54. The van der Waals surface area contributed by atoms with Gasteiger partial charge in [0.25, 0.3) is 0 Å². The van der Waals surface area contributed by atoms with Gasteiger partial charge in [-0.25, -0.2) is 0 Å². The van der Waals surface area contributed by atoms with Crippen molar-refractivity contribution in [2.75, 3.05) is 18.6 Å². The smallest absolute Gasteiger partial charge is 0.315 e. The number of hydrogen-bond acceptors (Lipinski definition) is 4. The van der Waals surface area contributed by atoms with Gasteiger partial charge in [-0.3, -0.25) is 9.59 Å². The van der Waals surface area contributed by atoms with Crippen molar-refractivity contribution in [1.82, 2.24) is 0 Å². The molecule has 6 heteroatoms. The van der Waals surface area contributed by atoms with Crippen LogP contribution in [0.2, 0.25) is 0 Å². The molecule has 0 saturated carbocycles. The third-order valence-electron chi connectivity index (χ3n) is 5.03. The molecule has 124 valence electrons. The maximum Gasteiger partial charge on any atom is 0.315 e. The number of rotatable bonds is 3. The number of anilines is 1. The summed E-state index contributed by atoms with van der Waals surface area (Å²) in [6, 6.07) is 9.04. The van der Waals surface area contributed by atoms with Crippen LogP contribution in [-0.2, 0) is 16.0 Å². The van der Waals surface area contributed by atoms with E-state index in [1.165, 1.54) is 6.26 Å². The summed E-state index contributed by atoms with van der Waals surface area (Å²) in [6.07, 6.45) is 2.17. The average molecular weight is 327 g/mol. The number of fused-ring (bicyclic) bond motifs is 2. The largest absolute Gasteiger partial charge is 0.497 e. The molecular weight excluding hydrogens is 310 g/mol. The van der Waals surface area contributed by atoms with Gasteiger partial charge in [0.05, 0.1) is 19.3 Å². The standard InChI is InChI=1S/C18H17NO5/c1-23-13-4-2-12(3-5-13)19-9-11-8-10-6-7-24-16(10)15(18(21)22)14(11)17(19)20/h2-7,11,14-15H,8-9H2,1H3,(H,21,22)/t11-,14-,15-/m0/s1. The van der Waals surface area contributed by atoms with Crippen molar-refractivity contribution in [1.29, 1.82) is 0 Å². The van der Waals surface area contributed by atoms with Crippen LogP contribution in [0.3, 0.4) is 0 Å². The van der Waals surface area contributed by atoms with E-state index in [1.807, 2.05) is 18.2 Å². The van der Waals surface area contributed by atoms with E-state index >= 15 is 0 Å². The first-order chi connectivity index (χ1) is 11.6. The zero-order chi connectivity index (χ0) is 16.8. The topological polar surface area (TPSA) is 80.0 Å². The fourth-order valence-electron chi connectivity index (χ4n) is 3.92. The number of hydrogen-bond donors (Lipinski definition) is 1. The molecule has 1 aromatic heterocycles. The van der Waals surface area contributed by atoms with Gasteiger partial charge in [-0.2, -0.15) is 0 Å². The van der Waals surface area contributed by atoms with Crippen LogP contribution in [0.1, 0.15) is 17.2 Å². The predicted molar refractivity (Wildman–Crippen MR) is 85.1 cm³/mol. The molecule has 2 aliphatic rings. The van der Waals surface area contributed by atoms with Gasteiger partial charge >= 0.3 is 5.97 Å². The minimum Gasteiger partial charge on any atom is -0.497 e. The first-order valence-corrected chi connectivity index (χ1v) is 7.84. The van der Waals surface area contributed by atoms with Gasteiger partial charge in [0.1, 0.15) is 17.4 Å². The van der Waals surface area contributed by atoms with Crippen molar-refractivity contribution < 1.29 is 23.8 Å². The summed E-state index contributed by atoms with van der Waals surface area (Å²) >= 11 is 0. The second-order valence-corrected chi connectivity index (χ2v) is 6.26. The zero-order valence-electron chi connectivity index (χ0n) is 13.1. The summed E-state index contributed by atoms with van der Waals surface area (Å²) in [5, 5.41) is 9.65. The number of furan rings is 1. The maximum atomic E-state index is 12.9. The highest BCUT2D eigenvalue weighted by Crippen LogP contribution is 2.46. The molecule has 0 radical (unpaired) electrons. The number of benzene rings is 1. The molecule has 1 aliphatic carbocycles. The SMILES string of the molecule is COc1ccc(N2C[C@@H]3Cc4ccoc4[C@@H](C(=O)O)[C@H]3C2=O)cc1. The van der Waals surface area contributed by atoms with Crippen LogP contribution in [0.5, 0.6) is 5.75 Å². The zero-order valence-corrected chi connectivity index (χ0v) is 13.1. The first kappa shape index (κ1) is 14.8. The summed E-state index contributed by atoms with van der Waals surface area (Å²) in [7, 11) is 1.59. The molecule has 1 fully saturated rings. The van der Waals surface area contributed by atoms with Crippen molar-refractivity contribution in [3.05, 3.63) is 47.9 Å². The lowest BCUT2D eigenvalue weighted by molar-refractivity contribution is -0.144. The van der Waals surface area contributed by atoms with Crippen molar-refractivity contribution >= 4 is 17.6 Å². The van der Waals surface area contributed by atoms with E-state index in [-0.39, 0.29) is 11.8 Å². The minimum atomic E-state index is -1.01. The van der Waals surface area contributed by atoms with Gasteiger partial charge in [-0.05, 0) is 48.2 Å². The van der Waals surface area contributed by atoms with E-state index in [1.54, 1.807) is 24.1 Å². The quantitative estimate of drug-likeness (QED) is 0.935. The van der Waals surface area contributed by atoms with Crippen molar-refractivity contribution in [2.45, 2.75) is 12.3 Å². The lowest BCUT2D eigenvalue weighted by atomic mass is 9.73. The molecular formula is C18H17NO5. The average Bonchev–Trinajstić information content (AvgIpc) is 3.17. The number of amides is 1. The number of ether oxygens (including phenoxy) is 1. The Labute approximate surface area is 138 Å². The molecule has 24 heavy (non-hydrogen) atoms. The Hall–Kier alpha value is -2.76. The maximum absolute atomic E-state index is 12.9. The van der Waals surface area contributed by atoms with Gasteiger partial charge in [0, 0.05) is 12.2 Å². The van der Waals surface area contributed by atoms with E-state index in [2.05, 4.69) is 0 Å². The van der Waals surface area contributed by atoms with Crippen LogP contribution >= 0.6 is 0 Å². The number of carbonyl (C=O) groups excluding carboxylic acids is 1. The molecule has 2 aromatic rings. The van der Waals surface area contributed by atoms with Gasteiger partial charge in [-0.15, -0.1) is 0 Å². The lowest BCUT2D eigenvalue weighted by Crippen LogP contribution is -2.35. The molecule has 1 aliphatic heterocycles. The fourth-order valence-corrected chi connectivity index (χ4v) is 3.92.